The fourth-order valence-corrected chi connectivity index (χ4v) is 5.17. The van der Waals surface area contributed by atoms with Gasteiger partial charge in [-0.05, 0) is 49.7 Å². The van der Waals surface area contributed by atoms with Crippen LogP contribution in [0.1, 0.15) is 29.5 Å². The number of aromatic nitrogens is 3. The number of hydrogen-bond acceptors (Lipinski definition) is 6. The average molecular weight is 497 g/mol. The molecule has 5 rings (SSSR count). The first-order valence-electron chi connectivity index (χ1n) is 11.4. The second-order valence-corrected chi connectivity index (χ2v) is 9.10. The molecule has 36 heavy (non-hydrogen) atoms. The molecule has 2 amide bonds. The van der Waals surface area contributed by atoms with E-state index >= 15 is 0 Å². The number of nitriles is 1. The highest BCUT2D eigenvalue weighted by Crippen LogP contribution is 2.49. The fraction of sp³-hybridized carbons (Fsp3) is 0.375. The van der Waals surface area contributed by atoms with Crippen LogP contribution in [0.25, 0.3) is 11.0 Å². The van der Waals surface area contributed by atoms with Gasteiger partial charge in [-0.3, -0.25) is 19.6 Å². The van der Waals surface area contributed by atoms with Crippen molar-refractivity contribution in [1.29, 1.82) is 5.26 Å². The highest BCUT2D eigenvalue weighted by atomic mass is 19.4. The van der Waals surface area contributed by atoms with E-state index in [4.69, 9.17) is 0 Å². The summed E-state index contributed by atoms with van der Waals surface area (Å²) in [4.78, 5) is 33.7. The van der Waals surface area contributed by atoms with Crippen molar-refractivity contribution >= 4 is 28.5 Å². The number of carbonyl (C=O) groups is 2. The van der Waals surface area contributed by atoms with Gasteiger partial charge in [-0.1, -0.05) is 6.07 Å². The van der Waals surface area contributed by atoms with E-state index in [2.05, 4.69) is 26.2 Å². The molecule has 1 fully saturated rings. The minimum atomic E-state index is -4.55. The second-order valence-electron chi connectivity index (χ2n) is 9.10. The summed E-state index contributed by atoms with van der Waals surface area (Å²) in [5.74, 6) is -1.27. The lowest BCUT2D eigenvalue weighted by molar-refractivity contribution is -0.138. The zero-order chi connectivity index (χ0) is 25.5. The molecule has 2 aromatic heterocycles. The van der Waals surface area contributed by atoms with Crippen LogP contribution in [0.15, 0.2) is 36.7 Å². The predicted octanol–water partition coefficient (Wildman–Crippen LogP) is 2.39. The van der Waals surface area contributed by atoms with Crippen LogP contribution in [-0.4, -0.2) is 64.3 Å². The summed E-state index contributed by atoms with van der Waals surface area (Å²) in [6.07, 6.45) is -0.245. The van der Waals surface area contributed by atoms with Gasteiger partial charge in [0.25, 0.3) is 0 Å². The van der Waals surface area contributed by atoms with Gasteiger partial charge in [0.05, 0.1) is 23.2 Å². The van der Waals surface area contributed by atoms with Gasteiger partial charge in [-0.2, -0.15) is 23.5 Å². The molecule has 186 valence electrons. The third-order valence-corrected chi connectivity index (χ3v) is 6.84. The molecule has 4 heterocycles. The molecule has 0 radical (unpaired) electrons. The highest BCUT2D eigenvalue weighted by Gasteiger charge is 2.53. The first-order chi connectivity index (χ1) is 17.2. The zero-order valence-corrected chi connectivity index (χ0v) is 19.1. The molecule has 0 saturated carbocycles. The lowest BCUT2D eigenvalue weighted by Crippen LogP contribution is -2.50. The molecule has 12 heteroatoms. The molecule has 0 bridgehead atoms. The SMILES string of the molecule is N#Cc1cccc2c1C1(CCN(Cc3cnc4[nH]ncc4c3)CC1)C(=O)N2CC(=O)NCC(F)(F)F. The van der Waals surface area contributed by atoms with E-state index in [1.54, 1.807) is 30.6 Å². The number of amides is 2. The van der Waals surface area contributed by atoms with Crippen molar-refractivity contribution < 1.29 is 22.8 Å². The van der Waals surface area contributed by atoms with Crippen LogP contribution < -0.4 is 10.2 Å². The van der Waals surface area contributed by atoms with Crippen molar-refractivity contribution in [3.05, 3.63) is 53.3 Å². The van der Waals surface area contributed by atoms with E-state index in [0.29, 0.717) is 54.9 Å². The van der Waals surface area contributed by atoms with Crippen molar-refractivity contribution in [3.8, 4) is 6.07 Å². The third kappa shape index (κ3) is 4.26. The standard InChI is InChI=1S/C24H22F3N7O2/c25-24(26,27)14-30-19(35)13-34-18-3-1-2-16(9-28)20(18)23(22(34)36)4-6-33(7-5-23)12-15-8-17-11-31-32-21(17)29-10-15/h1-3,8,10-11H,4-7,12-14H2,(H,30,35)(H,29,31,32). The lowest BCUT2D eigenvalue weighted by Gasteiger charge is -2.38. The number of likely N-dealkylation sites (tertiary alicyclic amines) is 1. The number of halogens is 3. The van der Waals surface area contributed by atoms with Crippen molar-refractivity contribution in [2.24, 2.45) is 0 Å². The first kappa shape index (κ1) is 23.7. The number of benzene rings is 1. The number of piperidine rings is 1. The number of hydrogen-bond donors (Lipinski definition) is 2. The number of aromatic amines is 1. The summed E-state index contributed by atoms with van der Waals surface area (Å²) in [5, 5.41) is 19.3. The predicted molar refractivity (Wildman–Crippen MR) is 123 cm³/mol. The largest absolute Gasteiger partial charge is 0.405 e. The Labute approximate surface area is 203 Å². The summed E-state index contributed by atoms with van der Waals surface area (Å²) in [6, 6.07) is 9.02. The van der Waals surface area contributed by atoms with Crippen molar-refractivity contribution in [1.82, 2.24) is 25.4 Å². The number of H-pyrrole nitrogens is 1. The molecular weight excluding hydrogens is 475 g/mol. The number of anilines is 1. The maximum absolute atomic E-state index is 13.7. The normalized spacial score (nSPS) is 17.4. The van der Waals surface area contributed by atoms with Crippen LogP contribution in [0.2, 0.25) is 0 Å². The second kappa shape index (κ2) is 8.91. The molecule has 0 unspecified atom stereocenters. The Morgan fingerprint density at radius 2 is 2.03 bits per heavy atom. The Morgan fingerprint density at radius 1 is 1.25 bits per heavy atom. The number of fused-ring (bicyclic) bond motifs is 3. The van der Waals surface area contributed by atoms with E-state index in [0.717, 1.165) is 10.9 Å². The summed E-state index contributed by atoms with van der Waals surface area (Å²) < 4.78 is 37.6. The van der Waals surface area contributed by atoms with Gasteiger partial charge in [0, 0.05) is 29.4 Å². The van der Waals surface area contributed by atoms with Crippen molar-refractivity contribution in [2.45, 2.75) is 31.0 Å². The quantitative estimate of drug-likeness (QED) is 0.559. The summed E-state index contributed by atoms with van der Waals surface area (Å²) in [7, 11) is 0. The molecule has 2 aliphatic rings. The minimum Gasteiger partial charge on any atom is -0.345 e. The zero-order valence-electron chi connectivity index (χ0n) is 19.1. The van der Waals surface area contributed by atoms with Crippen LogP contribution in [0, 0.1) is 11.3 Å². The number of alkyl halides is 3. The molecule has 3 aromatic rings. The van der Waals surface area contributed by atoms with Gasteiger partial charge in [-0.25, -0.2) is 4.98 Å². The minimum absolute atomic E-state index is 0.335. The van der Waals surface area contributed by atoms with Crippen molar-refractivity contribution in [3.63, 3.8) is 0 Å². The topological polar surface area (TPSA) is 118 Å². The van der Waals surface area contributed by atoms with Crippen LogP contribution in [0.4, 0.5) is 18.9 Å². The average Bonchev–Trinajstić information content (AvgIpc) is 3.41. The molecule has 1 spiro atoms. The van der Waals surface area contributed by atoms with E-state index < -0.39 is 30.6 Å². The Balaban J connectivity index is 1.36. The van der Waals surface area contributed by atoms with Gasteiger partial charge < -0.3 is 10.2 Å². The highest BCUT2D eigenvalue weighted by molar-refractivity contribution is 6.11. The van der Waals surface area contributed by atoms with Gasteiger partial charge in [0.2, 0.25) is 11.8 Å². The Morgan fingerprint density at radius 3 is 2.75 bits per heavy atom. The lowest BCUT2D eigenvalue weighted by atomic mass is 9.72. The number of carbonyl (C=O) groups excluding carboxylic acids is 2. The van der Waals surface area contributed by atoms with E-state index in [1.807, 2.05) is 11.4 Å². The van der Waals surface area contributed by atoms with E-state index in [1.165, 1.54) is 4.90 Å². The molecule has 9 nitrogen and oxygen atoms in total. The molecule has 1 aromatic carbocycles. The Hall–Kier alpha value is -3.98. The monoisotopic (exact) mass is 497 g/mol. The number of nitrogens with one attached hydrogen (secondary N) is 2. The maximum atomic E-state index is 13.7. The fourth-order valence-electron chi connectivity index (χ4n) is 5.17. The molecule has 2 N–H and O–H groups in total. The van der Waals surface area contributed by atoms with Crippen LogP contribution >= 0.6 is 0 Å². The molecule has 0 aliphatic carbocycles. The van der Waals surface area contributed by atoms with Crippen LogP contribution in [-0.2, 0) is 21.5 Å². The Bertz CT molecular complexity index is 1370. The number of pyridine rings is 1. The maximum Gasteiger partial charge on any atom is 0.405 e. The number of nitrogens with zero attached hydrogens (tertiary/aromatic N) is 5. The van der Waals surface area contributed by atoms with Gasteiger partial charge in [-0.15, -0.1) is 0 Å². The smallest absolute Gasteiger partial charge is 0.345 e. The summed E-state index contributed by atoms with van der Waals surface area (Å²) in [5.41, 5.74) is 2.00. The molecule has 0 atom stereocenters. The van der Waals surface area contributed by atoms with Crippen LogP contribution in [0.5, 0.6) is 0 Å². The van der Waals surface area contributed by atoms with Gasteiger partial charge in [0.1, 0.15) is 13.1 Å². The van der Waals surface area contributed by atoms with Gasteiger partial charge in [0.15, 0.2) is 5.65 Å². The molecule has 2 aliphatic heterocycles. The number of rotatable bonds is 5. The molecule has 1 saturated heterocycles. The first-order valence-corrected chi connectivity index (χ1v) is 11.4. The summed E-state index contributed by atoms with van der Waals surface area (Å²) in [6.45, 7) is -0.281. The van der Waals surface area contributed by atoms with E-state index in [-0.39, 0.29) is 5.91 Å². The Kier molecular flexibility index (Phi) is 5.88. The van der Waals surface area contributed by atoms with Crippen LogP contribution in [0.3, 0.4) is 0 Å². The van der Waals surface area contributed by atoms with Gasteiger partial charge >= 0.3 is 6.18 Å². The van der Waals surface area contributed by atoms with Crippen molar-refractivity contribution in [2.75, 3.05) is 31.1 Å². The summed E-state index contributed by atoms with van der Waals surface area (Å²) >= 11 is 0. The third-order valence-electron chi connectivity index (χ3n) is 6.84. The van der Waals surface area contributed by atoms with E-state index in [9.17, 15) is 28.0 Å². The molecular formula is C24H22F3N7O2.